The lowest BCUT2D eigenvalue weighted by Gasteiger charge is -2.33. The molecular weight excluding hydrogens is 290 g/mol. The van der Waals surface area contributed by atoms with E-state index < -0.39 is 12.2 Å². The van der Waals surface area contributed by atoms with E-state index in [1.807, 2.05) is 0 Å². The number of esters is 2. The SMILES string of the molecule is CC(=O)OC[C@H]1O[C@H]2CCC[C@H]3ON=C(C[C@H]1OC(C)=O)[C@@H]23. The predicted octanol–water partition coefficient (Wildman–Crippen LogP) is 1.19. The summed E-state index contributed by atoms with van der Waals surface area (Å²) in [4.78, 5) is 27.9. The Morgan fingerprint density at radius 1 is 1.23 bits per heavy atom. The molecule has 1 aliphatic carbocycles. The van der Waals surface area contributed by atoms with Crippen molar-refractivity contribution >= 4 is 17.7 Å². The molecule has 3 rings (SSSR count). The number of hydrogen-bond acceptors (Lipinski definition) is 7. The van der Waals surface area contributed by atoms with Crippen LogP contribution in [0.3, 0.4) is 0 Å². The van der Waals surface area contributed by atoms with Crippen molar-refractivity contribution in [1.82, 2.24) is 0 Å². The van der Waals surface area contributed by atoms with Crippen LogP contribution in [0.5, 0.6) is 0 Å². The first-order valence-electron chi connectivity index (χ1n) is 7.73. The summed E-state index contributed by atoms with van der Waals surface area (Å²) in [7, 11) is 0. The fraction of sp³-hybridized carbons (Fsp3) is 0.800. The van der Waals surface area contributed by atoms with Crippen LogP contribution in [0, 0.1) is 5.92 Å². The van der Waals surface area contributed by atoms with Crippen molar-refractivity contribution < 1.29 is 28.6 Å². The summed E-state index contributed by atoms with van der Waals surface area (Å²) < 4.78 is 16.6. The van der Waals surface area contributed by atoms with Crippen molar-refractivity contribution in [3.05, 3.63) is 0 Å². The molecule has 0 spiro atoms. The van der Waals surface area contributed by atoms with Crippen molar-refractivity contribution in [2.75, 3.05) is 6.61 Å². The smallest absolute Gasteiger partial charge is 0.303 e. The topological polar surface area (TPSA) is 83.4 Å². The zero-order valence-corrected chi connectivity index (χ0v) is 12.8. The monoisotopic (exact) mass is 311 g/mol. The van der Waals surface area contributed by atoms with Crippen molar-refractivity contribution in [2.45, 2.75) is 63.9 Å². The molecule has 2 heterocycles. The van der Waals surface area contributed by atoms with Crippen LogP contribution in [0.4, 0.5) is 0 Å². The van der Waals surface area contributed by atoms with E-state index in [2.05, 4.69) is 5.16 Å². The summed E-state index contributed by atoms with van der Waals surface area (Å²) in [5.41, 5.74) is 0.895. The van der Waals surface area contributed by atoms with Crippen LogP contribution in [-0.2, 0) is 28.6 Å². The van der Waals surface area contributed by atoms with E-state index in [4.69, 9.17) is 19.0 Å². The van der Waals surface area contributed by atoms with Gasteiger partial charge in [-0.25, -0.2) is 0 Å². The molecule has 7 nitrogen and oxygen atoms in total. The molecule has 0 amide bonds. The molecule has 22 heavy (non-hydrogen) atoms. The third kappa shape index (κ3) is 3.09. The van der Waals surface area contributed by atoms with Crippen LogP contribution in [0.2, 0.25) is 0 Å². The van der Waals surface area contributed by atoms with Crippen molar-refractivity contribution in [3.8, 4) is 0 Å². The highest BCUT2D eigenvalue weighted by Crippen LogP contribution is 2.39. The highest BCUT2D eigenvalue weighted by atomic mass is 16.6. The quantitative estimate of drug-likeness (QED) is 0.728. The van der Waals surface area contributed by atoms with E-state index in [0.29, 0.717) is 6.42 Å². The van der Waals surface area contributed by atoms with Crippen LogP contribution in [0.1, 0.15) is 39.5 Å². The summed E-state index contributed by atoms with van der Waals surface area (Å²) in [5, 5.41) is 4.19. The fourth-order valence-electron chi connectivity index (χ4n) is 3.52. The molecule has 0 aromatic rings. The standard InChI is InChI=1S/C15H21NO6/c1-8(17)19-7-14-13(20-9(2)18)6-10-15-11(21-14)4-3-5-12(15)22-16-10/h11-15H,3-7H2,1-2H3/t11-,12+,13+,14+,15-/m0/s1. The van der Waals surface area contributed by atoms with Gasteiger partial charge in [-0.3, -0.25) is 9.59 Å². The van der Waals surface area contributed by atoms with Gasteiger partial charge in [0.1, 0.15) is 24.9 Å². The first kappa shape index (κ1) is 15.3. The van der Waals surface area contributed by atoms with Gasteiger partial charge in [0.05, 0.1) is 17.7 Å². The minimum absolute atomic E-state index is 0.0267. The average molecular weight is 311 g/mol. The van der Waals surface area contributed by atoms with Gasteiger partial charge in [-0.2, -0.15) is 0 Å². The summed E-state index contributed by atoms with van der Waals surface area (Å²) in [5.74, 6) is -0.645. The van der Waals surface area contributed by atoms with E-state index in [9.17, 15) is 9.59 Å². The van der Waals surface area contributed by atoms with Crippen LogP contribution in [0.15, 0.2) is 5.16 Å². The van der Waals surface area contributed by atoms with Gasteiger partial charge in [-0.05, 0) is 19.3 Å². The number of ether oxygens (including phenoxy) is 3. The minimum atomic E-state index is -0.511. The molecule has 122 valence electrons. The number of hydrogen-bond donors (Lipinski definition) is 0. The van der Waals surface area contributed by atoms with Gasteiger partial charge >= 0.3 is 11.9 Å². The molecule has 3 aliphatic rings. The summed E-state index contributed by atoms with van der Waals surface area (Å²) in [6, 6.07) is 0. The third-order valence-corrected chi connectivity index (χ3v) is 4.41. The number of carbonyl (C=O) groups is 2. The minimum Gasteiger partial charge on any atom is -0.463 e. The molecule has 0 N–H and O–H groups in total. The molecule has 1 saturated heterocycles. The van der Waals surface area contributed by atoms with Gasteiger partial charge in [0.15, 0.2) is 0 Å². The number of nitrogens with zero attached hydrogens (tertiary/aromatic N) is 1. The molecule has 7 heteroatoms. The molecule has 5 atom stereocenters. The second kappa shape index (κ2) is 6.24. The molecule has 0 bridgehead atoms. The van der Waals surface area contributed by atoms with Gasteiger partial charge in [-0.15, -0.1) is 0 Å². The number of carbonyl (C=O) groups excluding carboxylic acids is 2. The largest absolute Gasteiger partial charge is 0.463 e. The Morgan fingerprint density at radius 3 is 2.73 bits per heavy atom. The Kier molecular flexibility index (Phi) is 4.33. The first-order valence-corrected chi connectivity index (χ1v) is 7.73. The predicted molar refractivity (Wildman–Crippen MR) is 75.1 cm³/mol. The molecule has 0 unspecified atom stereocenters. The second-order valence-electron chi connectivity index (χ2n) is 6.05. The Bertz CT molecular complexity index is 490. The average Bonchev–Trinajstić information content (AvgIpc) is 2.79. The van der Waals surface area contributed by atoms with Gasteiger partial charge in [0.2, 0.25) is 0 Å². The third-order valence-electron chi connectivity index (χ3n) is 4.41. The van der Waals surface area contributed by atoms with Gasteiger partial charge in [0, 0.05) is 20.3 Å². The maximum atomic E-state index is 11.4. The summed E-state index contributed by atoms with van der Waals surface area (Å²) >= 11 is 0. The number of oxime groups is 1. The Labute approximate surface area is 128 Å². The second-order valence-corrected chi connectivity index (χ2v) is 6.05. The van der Waals surface area contributed by atoms with Gasteiger partial charge in [0.25, 0.3) is 0 Å². The lowest BCUT2D eigenvalue weighted by Crippen LogP contribution is -2.41. The molecule has 0 aromatic carbocycles. The fourth-order valence-corrected chi connectivity index (χ4v) is 3.52. The lowest BCUT2D eigenvalue weighted by atomic mass is 9.80. The molecular formula is C15H21NO6. The van der Waals surface area contributed by atoms with E-state index in [1.165, 1.54) is 13.8 Å². The molecule has 0 radical (unpaired) electrons. The normalized spacial score (nSPS) is 36.5. The van der Waals surface area contributed by atoms with Crippen LogP contribution in [0.25, 0.3) is 0 Å². The van der Waals surface area contributed by atoms with Gasteiger partial charge in [-0.1, -0.05) is 5.16 Å². The van der Waals surface area contributed by atoms with Crippen molar-refractivity contribution in [3.63, 3.8) is 0 Å². The highest BCUT2D eigenvalue weighted by Gasteiger charge is 2.48. The zero-order chi connectivity index (χ0) is 15.7. The summed E-state index contributed by atoms with van der Waals surface area (Å²) in [6.45, 7) is 2.78. The molecule has 1 saturated carbocycles. The maximum absolute atomic E-state index is 11.4. The molecule has 2 aliphatic heterocycles. The zero-order valence-electron chi connectivity index (χ0n) is 12.8. The van der Waals surface area contributed by atoms with E-state index in [1.54, 1.807) is 0 Å². The highest BCUT2D eigenvalue weighted by molar-refractivity contribution is 5.89. The van der Waals surface area contributed by atoms with Crippen LogP contribution < -0.4 is 0 Å². The Morgan fingerprint density at radius 2 is 2.00 bits per heavy atom. The van der Waals surface area contributed by atoms with E-state index in [0.717, 1.165) is 25.0 Å². The lowest BCUT2D eigenvalue weighted by molar-refractivity contribution is -0.171. The van der Waals surface area contributed by atoms with E-state index >= 15 is 0 Å². The maximum Gasteiger partial charge on any atom is 0.303 e. The van der Waals surface area contributed by atoms with Crippen molar-refractivity contribution in [1.29, 1.82) is 0 Å². The van der Waals surface area contributed by atoms with E-state index in [-0.39, 0.29) is 36.7 Å². The van der Waals surface area contributed by atoms with Crippen LogP contribution in [-0.4, -0.2) is 48.7 Å². The summed E-state index contributed by atoms with van der Waals surface area (Å²) in [6.07, 6.45) is 2.39. The first-order chi connectivity index (χ1) is 10.5. The Balaban J connectivity index is 1.80. The molecule has 2 fully saturated rings. The Hall–Kier alpha value is -1.63. The number of rotatable bonds is 3. The molecule has 0 aromatic heterocycles. The van der Waals surface area contributed by atoms with Gasteiger partial charge < -0.3 is 19.0 Å². The van der Waals surface area contributed by atoms with Crippen molar-refractivity contribution in [2.24, 2.45) is 11.1 Å². The van der Waals surface area contributed by atoms with Crippen LogP contribution >= 0.6 is 0 Å².